The van der Waals surface area contributed by atoms with Crippen molar-refractivity contribution in [3.8, 4) is 34.1 Å². The highest BCUT2D eigenvalue weighted by atomic mass is 19.1. The topological polar surface area (TPSA) is 89.5 Å². The van der Waals surface area contributed by atoms with Crippen LogP contribution >= 0.6 is 0 Å². The maximum absolute atomic E-state index is 14.4. The predicted octanol–water partition coefficient (Wildman–Crippen LogP) is 9.10. The summed E-state index contributed by atoms with van der Waals surface area (Å²) in [6.45, 7) is 7.46. The smallest absolute Gasteiger partial charge is 0.494 e. The predicted molar refractivity (Wildman–Crippen MR) is 178 cm³/mol. The van der Waals surface area contributed by atoms with Gasteiger partial charge in [-0.1, -0.05) is 69.7 Å². The molecule has 1 aliphatic heterocycles. The lowest BCUT2D eigenvalue weighted by molar-refractivity contribution is -0.130. The minimum absolute atomic E-state index is 0.0394. The molecule has 0 spiro atoms. The monoisotopic (exact) mass is 648 g/mol. The number of hydrogen-bond donors (Lipinski definition) is 0. The molecule has 0 aromatic heterocycles. The van der Waals surface area contributed by atoms with Crippen LogP contribution in [0, 0.1) is 11.7 Å². The van der Waals surface area contributed by atoms with E-state index in [-0.39, 0.29) is 17.2 Å². The van der Waals surface area contributed by atoms with Crippen molar-refractivity contribution >= 4 is 12.1 Å². The van der Waals surface area contributed by atoms with Crippen molar-refractivity contribution in [1.82, 2.24) is 0 Å². The molecule has 4 rings (SSSR count). The van der Waals surface area contributed by atoms with Crippen molar-refractivity contribution in [2.45, 2.75) is 64.7 Å². The van der Waals surface area contributed by atoms with Crippen LogP contribution < -0.4 is 18.9 Å². The summed E-state index contributed by atoms with van der Waals surface area (Å²) in [6, 6.07) is 19.7. The number of carbonyl (C=O) groups is 2. The van der Waals surface area contributed by atoms with Crippen LogP contribution in [0.3, 0.4) is 0 Å². The maximum atomic E-state index is 14.4. The molecule has 0 radical (unpaired) electrons. The second-order valence-electron chi connectivity index (χ2n) is 11.7. The molecular weight excluding hydrogens is 603 g/mol. The fraction of sp³-hybridized carbons (Fsp3) is 0.421. The molecule has 0 amide bonds. The molecule has 1 saturated heterocycles. The second-order valence-corrected chi connectivity index (χ2v) is 11.7. The molecule has 0 atom stereocenters. The third-order valence-corrected chi connectivity index (χ3v) is 7.68. The van der Waals surface area contributed by atoms with Gasteiger partial charge >= 0.3 is 12.1 Å². The third kappa shape index (κ3) is 12.6. The number of ether oxygens (including phenoxy) is 6. The molecule has 8 nitrogen and oxygen atoms in total. The molecule has 9 heteroatoms. The van der Waals surface area contributed by atoms with E-state index in [1.807, 2.05) is 48.5 Å². The van der Waals surface area contributed by atoms with Crippen molar-refractivity contribution in [2.24, 2.45) is 5.92 Å². The Kier molecular flexibility index (Phi) is 14.4. The normalized spacial score (nSPS) is 12.9. The fourth-order valence-corrected chi connectivity index (χ4v) is 4.92. The quantitative estimate of drug-likeness (QED) is 0.0519. The average molecular weight is 649 g/mol. The first-order valence-electron chi connectivity index (χ1n) is 16.4. The summed E-state index contributed by atoms with van der Waals surface area (Å²) >= 11 is 0. The van der Waals surface area contributed by atoms with Gasteiger partial charge in [-0.25, -0.2) is 14.0 Å². The minimum Gasteiger partial charge on any atom is -0.494 e. The summed E-state index contributed by atoms with van der Waals surface area (Å²) in [6.07, 6.45) is 9.87. The first-order valence-corrected chi connectivity index (χ1v) is 16.4. The molecule has 1 fully saturated rings. The lowest BCUT2D eigenvalue weighted by Gasteiger charge is -2.21. The summed E-state index contributed by atoms with van der Waals surface area (Å²) in [4.78, 5) is 22.6. The van der Waals surface area contributed by atoms with Crippen LogP contribution in [-0.4, -0.2) is 45.2 Å². The first kappa shape index (κ1) is 35.3. The second kappa shape index (κ2) is 19.2. The largest absolute Gasteiger partial charge is 0.508 e. The van der Waals surface area contributed by atoms with Gasteiger partial charge in [0.2, 0.25) is 0 Å². The maximum Gasteiger partial charge on any atom is 0.508 e. The molecule has 0 bridgehead atoms. The molecule has 3 aromatic carbocycles. The summed E-state index contributed by atoms with van der Waals surface area (Å²) in [5.41, 5.74) is 1.74. The number of unbranched alkanes of at least 4 members (excludes halogenated alkanes) is 8. The molecule has 3 aromatic rings. The Bertz CT molecular complexity index is 1410. The summed E-state index contributed by atoms with van der Waals surface area (Å²) in [5, 5.41) is 0. The van der Waals surface area contributed by atoms with E-state index in [4.69, 9.17) is 28.4 Å². The number of esters is 1. The van der Waals surface area contributed by atoms with Gasteiger partial charge in [0.05, 0.1) is 25.7 Å². The van der Waals surface area contributed by atoms with Gasteiger partial charge in [-0.3, -0.25) is 0 Å². The van der Waals surface area contributed by atoms with Crippen LogP contribution in [0.2, 0.25) is 0 Å². The molecule has 0 aliphatic carbocycles. The van der Waals surface area contributed by atoms with Gasteiger partial charge in [0.15, 0.2) is 11.6 Å². The van der Waals surface area contributed by atoms with Crippen molar-refractivity contribution in [2.75, 3.05) is 33.0 Å². The summed E-state index contributed by atoms with van der Waals surface area (Å²) in [7, 11) is 0. The molecule has 0 unspecified atom stereocenters. The molecule has 0 N–H and O–H groups in total. The Labute approximate surface area is 276 Å². The van der Waals surface area contributed by atoms with Crippen LogP contribution in [0.5, 0.6) is 23.0 Å². The van der Waals surface area contributed by atoms with Crippen molar-refractivity contribution in [1.29, 1.82) is 0 Å². The number of cyclic esters (lactones) is 2. The standard InChI is InChI=1S/C38H45FO8/c1-28(2)37(40)47-36-21-14-31(24-35(36)39)30-12-15-32(16-13-30)42-22-10-8-6-4-3-5-7-9-11-23-43-33-17-19-34(20-18-33)44-25-29-26-45-38(41)46-27-29/h12-21,24,29H,1,3-11,22-23,25-27H2,2H3. The van der Waals surface area contributed by atoms with Gasteiger partial charge in [0, 0.05) is 5.57 Å². The van der Waals surface area contributed by atoms with E-state index >= 15 is 0 Å². The number of carbonyl (C=O) groups excluding carboxylic acids is 2. The average Bonchev–Trinajstić information content (AvgIpc) is 3.08. The van der Waals surface area contributed by atoms with Crippen LogP contribution in [0.15, 0.2) is 78.9 Å². The number of hydrogen-bond acceptors (Lipinski definition) is 8. The molecule has 1 aliphatic rings. The van der Waals surface area contributed by atoms with Gasteiger partial charge in [-0.2, -0.15) is 0 Å². The van der Waals surface area contributed by atoms with Crippen LogP contribution in [-0.2, 0) is 14.3 Å². The van der Waals surface area contributed by atoms with Crippen molar-refractivity contribution < 1.29 is 42.4 Å². The highest BCUT2D eigenvalue weighted by Gasteiger charge is 2.21. The number of rotatable bonds is 20. The zero-order valence-electron chi connectivity index (χ0n) is 27.2. The lowest BCUT2D eigenvalue weighted by atomic mass is 10.1. The van der Waals surface area contributed by atoms with E-state index in [2.05, 4.69) is 6.58 Å². The van der Waals surface area contributed by atoms with Crippen molar-refractivity contribution in [3.05, 3.63) is 84.7 Å². The highest BCUT2D eigenvalue weighted by molar-refractivity contribution is 5.88. The third-order valence-electron chi connectivity index (χ3n) is 7.68. The zero-order valence-corrected chi connectivity index (χ0v) is 27.2. The Hall–Kier alpha value is -4.53. The lowest BCUT2D eigenvalue weighted by Crippen LogP contribution is -2.31. The Morgan fingerprint density at radius 1 is 0.723 bits per heavy atom. The number of halogens is 1. The van der Waals surface area contributed by atoms with Gasteiger partial charge in [0.25, 0.3) is 0 Å². The Balaban J connectivity index is 0.966. The molecular formula is C38H45FO8. The first-order chi connectivity index (χ1) is 22.9. The molecule has 0 saturated carbocycles. The minimum atomic E-state index is -0.653. The Morgan fingerprint density at radius 2 is 1.19 bits per heavy atom. The van der Waals surface area contributed by atoms with E-state index in [9.17, 15) is 14.0 Å². The Morgan fingerprint density at radius 3 is 1.70 bits per heavy atom. The summed E-state index contributed by atoms with van der Waals surface area (Å²) in [5.74, 6) is 1.03. The van der Waals surface area contributed by atoms with E-state index < -0.39 is 17.9 Å². The molecule has 47 heavy (non-hydrogen) atoms. The fourth-order valence-electron chi connectivity index (χ4n) is 4.92. The molecule has 1 heterocycles. The van der Waals surface area contributed by atoms with E-state index in [1.165, 1.54) is 51.2 Å². The van der Waals surface area contributed by atoms with E-state index in [0.717, 1.165) is 48.5 Å². The van der Waals surface area contributed by atoms with Gasteiger partial charge in [-0.15, -0.1) is 0 Å². The van der Waals surface area contributed by atoms with Gasteiger partial charge < -0.3 is 28.4 Å². The molecule has 252 valence electrons. The van der Waals surface area contributed by atoms with Crippen molar-refractivity contribution in [3.63, 3.8) is 0 Å². The van der Waals surface area contributed by atoms with Crippen LogP contribution in [0.25, 0.3) is 11.1 Å². The SMILES string of the molecule is C=C(C)C(=O)Oc1ccc(-c2ccc(OCCCCCCCCCCCOc3ccc(OCC4COC(=O)OC4)cc3)cc2)cc1F. The number of benzene rings is 3. The van der Waals surface area contributed by atoms with Gasteiger partial charge in [-0.05, 0) is 79.4 Å². The van der Waals surface area contributed by atoms with E-state index in [1.54, 1.807) is 6.07 Å². The summed E-state index contributed by atoms with van der Waals surface area (Å²) < 4.78 is 46.6. The van der Waals surface area contributed by atoms with Crippen LogP contribution in [0.4, 0.5) is 9.18 Å². The van der Waals surface area contributed by atoms with E-state index in [0.29, 0.717) is 38.6 Å². The highest BCUT2D eigenvalue weighted by Crippen LogP contribution is 2.28. The van der Waals surface area contributed by atoms with Gasteiger partial charge in [0.1, 0.15) is 30.5 Å². The zero-order chi connectivity index (χ0) is 33.3. The van der Waals surface area contributed by atoms with Crippen LogP contribution in [0.1, 0.15) is 64.7 Å².